The largest absolute Gasteiger partial charge is 0.460 e. The number of nitrogens with zero attached hydrogens (tertiary/aromatic N) is 2. The fourth-order valence-electron chi connectivity index (χ4n) is 6.06. The highest BCUT2D eigenvalue weighted by Crippen LogP contribution is 2.34. The third-order valence-electron chi connectivity index (χ3n) is 8.22. The molecule has 2 fully saturated rings. The van der Waals surface area contributed by atoms with E-state index in [1.54, 1.807) is 0 Å². The predicted octanol–water partition coefficient (Wildman–Crippen LogP) is 6.62. The van der Waals surface area contributed by atoms with Gasteiger partial charge in [-0.15, -0.1) is 0 Å². The fraction of sp³-hybridized carbons (Fsp3) is 0.559. The van der Waals surface area contributed by atoms with E-state index < -0.39 is 23.5 Å². The highest BCUT2D eigenvalue weighted by molar-refractivity contribution is 5.85. The predicted molar refractivity (Wildman–Crippen MR) is 162 cm³/mol. The maximum atomic E-state index is 13.1. The van der Waals surface area contributed by atoms with Crippen LogP contribution in [-0.2, 0) is 19.2 Å². The Labute approximate surface area is 245 Å². The first-order chi connectivity index (χ1) is 19.7. The number of benzene rings is 2. The van der Waals surface area contributed by atoms with Gasteiger partial charge >= 0.3 is 11.9 Å². The topological polar surface area (TPSA) is 94.2 Å². The molecule has 4 rings (SSSR count). The minimum Gasteiger partial charge on any atom is -0.460 e. The Morgan fingerprint density at radius 1 is 0.951 bits per heavy atom. The fourth-order valence-corrected chi connectivity index (χ4v) is 6.06. The molecule has 1 saturated carbocycles. The molecule has 0 spiro atoms. The van der Waals surface area contributed by atoms with Crippen LogP contribution in [0.5, 0.6) is 0 Å². The third kappa shape index (κ3) is 9.42. The van der Waals surface area contributed by atoms with Crippen molar-refractivity contribution >= 4 is 17.8 Å². The molecule has 1 aliphatic heterocycles. The summed E-state index contributed by atoms with van der Waals surface area (Å²) < 4.78 is 5.50. The molecule has 222 valence electrons. The van der Waals surface area contributed by atoms with Crippen molar-refractivity contribution in [2.24, 2.45) is 28.6 Å². The number of esters is 1. The summed E-state index contributed by atoms with van der Waals surface area (Å²) in [6.07, 6.45) is 8.94. The Kier molecular flexibility index (Phi) is 11.0. The van der Waals surface area contributed by atoms with Crippen LogP contribution in [0.3, 0.4) is 0 Å². The van der Waals surface area contributed by atoms with E-state index in [9.17, 15) is 9.59 Å². The van der Waals surface area contributed by atoms with Gasteiger partial charge in [-0.2, -0.15) is 0 Å². The first-order valence-electron chi connectivity index (χ1n) is 15.3. The van der Waals surface area contributed by atoms with Crippen LogP contribution in [0, 0.1) is 17.8 Å². The summed E-state index contributed by atoms with van der Waals surface area (Å²) in [6.45, 7) is 6.91. The van der Waals surface area contributed by atoms with Gasteiger partial charge in [-0.1, -0.05) is 111 Å². The highest BCUT2D eigenvalue weighted by atomic mass is 16.7. The SMILES string of the molecule is CC(C)(C)OC(=O)C[C@@H](CCCC1CCCCC1)C(=O)O/N=C(\N)C1CN(C(c2ccccc2)c2ccccc2)C1. The number of oxime groups is 1. The number of carbonyl (C=O) groups excluding carboxylic acids is 2. The minimum absolute atomic E-state index is 0.00617. The second kappa shape index (κ2) is 14.6. The summed E-state index contributed by atoms with van der Waals surface area (Å²) in [5.41, 5.74) is 8.14. The van der Waals surface area contributed by atoms with Gasteiger partial charge in [0, 0.05) is 19.0 Å². The van der Waals surface area contributed by atoms with E-state index in [0.29, 0.717) is 31.3 Å². The van der Waals surface area contributed by atoms with E-state index in [1.165, 1.54) is 43.2 Å². The number of nitrogens with two attached hydrogens (primary N) is 1. The van der Waals surface area contributed by atoms with Gasteiger partial charge in [-0.3, -0.25) is 9.69 Å². The van der Waals surface area contributed by atoms with E-state index in [2.05, 4.69) is 58.6 Å². The monoisotopic (exact) mass is 561 g/mol. The molecular formula is C34H47N3O4. The van der Waals surface area contributed by atoms with Crippen LogP contribution in [-0.4, -0.2) is 41.4 Å². The van der Waals surface area contributed by atoms with Crippen LogP contribution in [0.15, 0.2) is 65.8 Å². The van der Waals surface area contributed by atoms with Crippen LogP contribution in [0.1, 0.15) is 95.7 Å². The molecule has 7 nitrogen and oxygen atoms in total. The number of likely N-dealkylation sites (tertiary alicyclic amines) is 1. The van der Waals surface area contributed by atoms with Crippen molar-refractivity contribution < 1.29 is 19.2 Å². The second-order valence-electron chi connectivity index (χ2n) is 12.7. The quantitative estimate of drug-likeness (QED) is 0.103. The van der Waals surface area contributed by atoms with Crippen LogP contribution in [0.4, 0.5) is 0 Å². The molecule has 0 radical (unpaired) electrons. The van der Waals surface area contributed by atoms with E-state index in [-0.39, 0.29) is 18.4 Å². The highest BCUT2D eigenvalue weighted by Gasteiger charge is 2.36. The van der Waals surface area contributed by atoms with Gasteiger partial charge in [0.1, 0.15) is 11.4 Å². The van der Waals surface area contributed by atoms with E-state index in [0.717, 1.165) is 12.8 Å². The first-order valence-corrected chi connectivity index (χ1v) is 15.3. The molecule has 0 unspecified atom stereocenters. The van der Waals surface area contributed by atoms with Crippen molar-refractivity contribution in [3.8, 4) is 0 Å². The Balaban J connectivity index is 1.34. The molecule has 0 bridgehead atoms. The van der Waals surface area contributed by atoms with E-state index in [4.69, 9.17) is 15.3 Å². The summed E-state index contributed by atoms with van der Waals surface area (Å²) >= 11 is 0. The van der Waals surface area contributed by atoms with Crippen molar-refractivity contribution in [1.82, 2.24) is 4.90 Å². The Hall–Kier alpha value is -3.19. The number of carbonyl (C=O) groups is 2. The molecule has 2 aliphatic rings. The van der Waals surface area contributed by atoms with Crippen molar-refractivity contribution in [3.63, 3.8) is 0 Å². The van der Waals surface area contributed by atoms with Crippen molar-refractivity contribution in [2.75, 3.05) is 13.1 Å². The van der Waals surface area contributed by atoms with Gasteiger partial charge in [-0.25, -0.2) is 4.79 Å². The van der Waals surface area contributed by atoms with Crippen LogP contribution in [0.2, 0.25) is 0 Å². The molecule has 2 aromatic carbocycles. The van der Waals surface area contributed by atoms with Crippen LogP contribution < -0.4 is 5.73 Å². The first kappa shape index (κ1) is 30.8. The molecule has 1 saturated heterocycles. The zero-order valence-corrected chi connectivity index (χ0v) is 25.0. The van der Waals surface area contributed by atoms with Crippen LogP contribution in [0.25, 0.3) is 0 Å². The minimum atomic E-state index is -0.607. The molecule has 1 heterocycles. The number of ether oxygens (including phenoxy) is 1. The molecule has 0 amide bonds. The standard InChI is InChI=1S/C34H47N3O4/c1-34(2,3)40-30(38)22-28(21-13-16-25-14-7-4-8-15-25)33(39)41-36-32(35)29-23-37(24-29)31(26-17-9-5-10-18-26)27-19-11-6-12-20-27/h5-6,9-12,17-20,25,28-29,31H,4,7-8,13-16,21-24H2,1-3H3,(H2,35,36)/t28-/m1/s1. The lowest BCUT2D eigenvalue weighted by Gasteiger charge is -2.44. The normalized spacial score (nSPS) is 18.1. The van der Waals surface area contributed by atoms with Gasteiger partial charge in [0.2, 0.25) is 0 Å². The second-order valence-corrected chi connectivity index (χ2v) is 12.7. The molecule has 1 aliphatic carbocycles. The van der Waals surface area contributed by atoms with E-state index >= 15 is 0 Å². The zero-order valence-electron chi connectivity index (χ0n) is 25.0. The Morgan fingerprint density at radius 2 is 1.54 bits per heavy atom. The summed E-state index contributed by atoms with van der Waals surface area (Å²) in [4.78, 5) is 33.4. The summed E-state index contributed by atoms with van der Waals surface area (Å²) in [7, 11) is 0. The van der Waals surface area contributed by atoms with Crippen LogP contribution >= 0.6 is 0 Å². The maximum absolute atomic E-state index is 13.1. The Morgan fingerprint density at radius 3 is 2.10 bits per heavy atom. The number of hydrogen-bond donors (Lipinski definition) is 1. The average Bonchev–Trinajstić information content (AvgIpc) is 2.93. The number of amidine groups is 1. The van der Waals surface area contributed by atoms with Gasteiger partial charge in [0.15, 0.2) is 0 Å². The van der Waals surface area contributed by atoms with Crippen molar-refractivity contribution in [2.45, 2.75) is 90.2 Å². The lowest BCUT2D eigenvalue weighted by Crippen LogP contribution is -2.54. The lowest BCUT2D eigenvalue weighted by molar-refractivity contribution is -0.161. The zero-order chi connectivity index (χ0) is 29.2. The van der Waals surface area contributed by atoms with E-state index in [1.807, 2.05) is 32.9 Å². The molecule has 0 aromatic heterocycles. The van der Waals surface area contributed by atoms with Gasteiger partial charge in [-0.05, 0) is 44.2 Å². The maximum Gasteiger partial charge on any atom is 0.338 e. The van der Waals surface area contributed by atoms with Gasteiger partial charge in [0.25, 0.3) is 0 Å². The third-order valence-corrected chi connectivity index (χ3v) is 8.22. The number of rotatable bonds is 12. The Bertz CT molecular complexity index is 1090. The summed E-state index contributed by atoms with van der Waals surface area (Å²) in [6, 6.07) is 21.0. The van der Waals surface area contributed by atoms with Gasteiger partial charge < -0.3 is 15.3 Å². The van der Waals surface area contributed by atoms with Gasteiger partial charge in [0.05, 0.1) is 18.4 Å². The average molecular weight is 562 g/mol. The number of hydrogen-bond acceptors (Lipinski definition) is 6. The van der Waals surface area contributed by atoms with Crippen molar-refractivity contribution in [3.05, 3.63) is 71.8 Å². The van der Waals surface area contributed by atoms with Crippen molar-refractivity contribution in [1.29, 1.82) is 0 Å². The lowest BCUT2D eigenvalue weighted by atomic mass is 9.84. The smallest absolute Gasteiger partial charge is 0.338 e. The molecule has 7 heteroatoms. The molecule has 1 atom stereocenters. The molecule has 2 aromatic rings. The molecule has 2 N–H and O–H groups in total. The summed E-state index contributed by atoms with van der Waals surface area (Å²) in [5.74, 6) is -0.473. The molecule has 41 heavy (non-hydrogen) atoms. The molecular weight excluding hydrogens is 514 g/mol. The summed E-state index contributed by atoms with van der Waals surface area (Å²) in [5, 5.41) is 4.05.